The smallest absolute Gasteiger partial charge is 0.316 e. The zero-order valence-electron chi connectivity index (χ0n) is 17.5. The van der Waals surface area contributed by atoms with E-state index in [1.165, 1.54) is 0 Å². The van der Waals surface area contributed by atoms with E-state index >= 15 is 0 Å². The van der Waals surface area contributed by atoms with E-state index in [0.29, 0.717) is 18.7 Å². The second-order valence-electron chi connectivity index (χ2n) is 7.61. The van der Waals surface area contributed by atoms with Crippen molar-refractivity contribution in [3.8, 4) is 0 Å². The van der Waals surface area contributed by atoms with Crippen molar-refractivity contribution in [1.29, 1.82) is 0 Å². The lowest BCUT2D eigenvalue weighted by molar-refractivity contribution is 0.206. The molecule has 1 N–H and O–H groups in total. The minimum absolute atomic E-state index is 0.213. The Morgan fingerprint density at radius 2 is 1.91 bits per heavy atom. The first-order valence-corrected chi connectivity index (χ1v) is 10.3. The SMILES string of the molecule is Cc1cccc2cc(CN(Cc3cccnc3)C(=O)Nc3ccccc3)c3nnnn3c12. The van der Waals surface area contributed by atoms with Crippen molar-refractivity contribution >= 4 is 28.3 Å². The normalized spacial score (nSPS) is 11.0. The van der Waals surface area contributed by atoms with Crippen LogP contribution < -0.4 is 5.32 Å². The van der Waals surface area contributed by atoms with Gasteiger partial charge in [0.1, 0.15) is 0 Å². The van der Waals surface area contributed by atoms with Crippen LogP contribution in [-0.2, 0) is 13.1 Å². The zero-order chi connectivity index (χ0) is 21.9. The number of hydrogen-bond acceptors (Lipinski definition) is 5. The summed E-state index contributed by atoms with van der Waals surface area (Å²) in [6.07, 6.45) is 3.48. The van der Waals surface area contributed by atoms with Crippen LogP contribution in [-0.4, -0.2) is 36.0 Å². The summed E-state index contributed by atoms with van der Waals surface area (Å²) in [6.45, 7) is 2.76. The molecule has 5 rings (SSSR count). The molecule has 8 nitrogen and oxygen atoms in total. The highest BCUT2D eigenvalue weighted by Crippen LogP contribution is 2.24. The molecule has 0 radical (unpaired) electrons. The quantitative estimate of drug-likeness (QED) is 0.457. The van der Waals surface area contributed by atoms with Gasteiger partial charge in [0.2, 0.25) is 0 Å². The maximum absolute atomic E-state index is 13.2. The predicted molar refractivity (Wildman–Crippen MR) is 122 cm³/mol. The molecule has 2 amide bonds. The van der Waals surface area contributed by atoms with Crippen molar-refractivity contribution in [2.75, 3.05) is 5.32 Å². The molecule has 5 aromatic rings. The third kappa shape index (κ3) is 3.85. The van der Waals surface area contributed by atoms with E-state index in [9.17, 15) is 4.79 Å². The Morgan fingerprint density at radius 3 is 2.72 bits per heavy atom. The number of carbonyl (C=O) groups is 1. The number of aromatic nitrogens is 5. The van der Waals surface area contributed by atoms with Gasteiger partial charge in [-0.25, -0.2) is 4.79 Å². The van der Waals surface area contributed by atoms with E-state index in [1.807, 2.05) is 67.6 Å². The Bertz CT molecular complexity index is 1380. The lowest BCUT2D eigenvalue weighted by atomic mass is 10.1. The summed E-state index contributed by atoms with van der Waals surface area (Å²) in [5, 5.41) is 16.3. The number of para-hydroxylation sites is 2. The Balaban J connectivity index is 1.53. The molecule has 0 aliphatic rings. The maximum Gasteiger partial charge on any atom is 0.322 e. The van der Waals surface area contributed by atoms with Crippen LogP contribution in [0.2, 0.25) is 0 Å². The second kappa shape index (κ2) is 8.43. The van der Waals surface area contributed by atoms with Crippen molar-refractivity contribution in [2.45, 2.75) is 20.0 Å². The Labute approximate surface area is 184 Å². The molecule has 32 heavy (non-hydrogen) atoms. The summed E-state index contributed by atoms with van der Waals surface area (Å²) >= 11 is 0. The molecule has 3 heterocycles. The van der Waals surface area contributed by atoms with E-state index in [0.717, 1.165) is 33.3 Å². The molecule has 0 unspecified atom stereocenters. The fourth-order valence-corrected chi connectivity index (χ4v) is 3.84. The summed E-state index contributed by atoms with van der Waals surface area (Å²) in [4.78, 5) is 19.2. The number of amides is 2. The number of pyridine rings is 2. The minimum atomic E-state index is -0.213. The van der Waals surface area contributed by atoms with E-state index in [1.54, 1.807) is 21.8 Å². The van der Waals surface area contributed by atoms with Gasteiger partial charge in [-0.15, -0.1) is 5.10 Å². The van der Waals surface area contributed by atoms with Gasteiger partial charge in [-0.2, -0.15) is 4.52 Å². The van der Waals surface area contributed by atoms with Gasteiger partial charge >= 0.3 is 6.03 Å². The fraction of sp³-hybridized carbons (Fsp3) is 0.125. The van der Waals surface area contributed by atoms with Crippen LogP contribution in [0.4, 0.5) is 10.5 Å². The third-order valence-corrected chi connectivity index (χ3v) is 5.34. The van der Waals surface area contributed by atoms with E-state index in [-0.39, 0.29) is 6.03 Å². The summed E-state index contributed by atoms with van der Waals surface area (Å²) < 4.78 is 1.75. The topological polar surface area (TPSA) is 88.3 Å². The first kappa shape index (κ1) is 19.6. The lowest BCUT2D eigenvalue weighted by Crippen LogP contribution is -2.34. The fourth-order valence-electron chi connectivity index (χ4n) is 3.84. The van der Waals surface area contributed by atoms with Crippen LogP contribution in [0.25, 0.3) is 16.6 Å². The molecule has 0 atom stereocenters. The predicted octanol–water partition coefficient (Wildman–Crippen LogP) is 4.22. The van der Waals surface area contributed by atoms with Gasteiger partial charge < -0.3 is 10.2 Å². The maximum atomic E-state index is 13.2. The first-order chi connectivity index (χ1) is 15.7. The first-order valence-electron chi connectivity index (χ1n) is 10.3. The number of urea groups is 1. The van der Waals surface area contributed by atoms with E-state index in [4.69, 9.17) is 0 Å². The average molecular weight is 423 g/mol. The van der Waals surface area contributed by atoms with Crippen LogP contribution in [0.1, 0.15) is 16.7 Å². The van der Waals surface area contributed by atoms with E-state index < -0.39 is 0 Å². The molecular formula is C24H21N7O. The van der Waals surface area contributed by atoms with Gasteiger partial charge in [-0.3, -0.25) is 4.98 Å². The highest BCUT2D eigenvalue weighted by Gasteiger charge is 2.19. The van der Waals surface area contributed by atoms with Crippen molar-refractivity contribution in [2.24, 2.45) is 0 Å². The third-order valence-electron chi connectivity index (χ3n) is 5.34. The van der Waals surface area contributed by atoms with Gasteiger partial charge in [0.15, 0.2) is 5.65 Å². The standard InChI is InChI=1S/C24H21N7O/c1-17-7-5-9-19-13-20(23-27-28-29-31(23)22(17)19)16-30(15-18-8-6-12-25-14-18)24(32)26-21-10-3-2-4-11-21/h2-14H,15-16H2,1H3,(H,26,32). The molecular weight excluding hydrogens is 402 g/mol. The monoisotopic (exact) mass is 423 g/mol. The van der Waals surface area contributed by atoms with Crippen LogP contribution in [0.15, 0.2) is 79.1 Å². The number of tetrazole rings is 1. The highest BCUT2D eigenvalue weighted by molar-refractivity contribution is 5.90. The van der Waals surface area contributed by atoms with Gasteiger partial charge in [0.25, 0.3) is 0 Å². The molecule has 2 aromatic carbocycles. The highest BCUT2D eigenvalue weighted by atomic mass is 16.2. The number of rotatable bonds is 5. The van der Waals surface area contributed by atoms with Crippen molar-refractivity contribution < 1.29 is 4.79 Å². The summed E-state index contributed by atoms with van der Waals surface area (Å²) in [7, 11) is 0. The van der Waals surface area contributed by atoms with Crippen molar-refractivity contribution in [3.05, 3.63) is 95.8 Å². The number of aryl methyl sites for hydroxylation is 1. The van der Waals surface area contributed by atoms with Crippen LogP contribution in [0.3, 0.4) is 0 Å². The molecule has 158 valence electrons. The van der Waals surface area contributed by atoms with E-state index in [2.05, 4.69) is 31.9 Å². The van der Waals surface area contributed by atoms with Gasteiger partial charge in [-0.05, 0) is 52.7 Å². The largest absolute Gasteiger partial charge is 0.322 e. The Morgan fingerprint density at radius 1 is 1.03 bits per heavy atom. The lowest BCUT2D eigenvalue weighted by Gasteiger charge is -2.24. The molecule has 8 heteroatoms. The van der Waals surface area contributed by atoms with Crippen LogP contribution >= 0.6 is 0 Å². The molecule has 0 spiro atoms. The molecule has 0 saturated heterocycles. The van der Waals surface area contributed by atoms with Crippen LogP contribution in [0, 0.1) is 6.92 Å². The second-order valence-corrected chi connectivity index (χ2v) is 7.61. The number of hydrogen-bond donors (Lipinski definition) is 1. The summed E-state index contributed by atoms with van der Waals surface area (Å²) in [6, 6.07) is 21.1. The van der Waals surface area contributed by atoms with Gasteiger partial charge in [0, 0.05) is 35.6 Å². The Kier molecular flexibility index (Phi) is 5.17. The minimum Gasteiger partial charge on any atom is -0.316 e. The number of nitrogens with zero attached hydrogens (tertiary/aromatic N) is 6. The van der Waals surface area contributed by atoms with Crippen molar-refractivity contribution in [3.63, 3.8) is 0 Å². The number of anilines is 1. The number of fused-ring (bicyclic) bond motifs is 3. The molecule has 0 aliphatic carbocycles. The zero-order valence-corrected chi connectivity index (χ0v) is 17.5. The van der Waals surface area contributed by atoms with Crippen LogP contribution in [0.5, 0.6) is 0 Å². The number of carbonyl (C=O) groups excluding carboxylic acids is 1. The molecule has 0 aliphatic heterocycles. The molecule has 0 saturated carbocycles. The molecule has 0 fully saturated rings. The van der Waals surface area contributed by atoms with Crippen molar-refractivity contribution in [1.82, 2.24) is 29.9 Å². The molecule has 3 aromatic heterocycles. The molecule has 0 bridgehead atoms. The van der Waals surface area contributed by atoms with Gasteiger partial charge in [-0.1, -0.05) is 42.5 Å². The number of nitrogens with one attached hydrogen (secondary N) is 1. The average Bonchev–Trinajstić information content (AvgIpc) is 3.30. The number of benzene rings is 2. The summed E-state index contributed by atoms with van der Waals surface area (Å²) in [5.41, 5.74) is 5.21. The van der Waals surface area contributed by atoms with Gasteiger partial charge in [0.05, 0.1) is 12.1 Å². The summed E-state index contributed by atoms with van der Waals surface area (Å²) in [5.74, 6) is 0. The Hall–Kier alpha value is -4.33.